The number of allylic oxidation sites excluding steroid dienone is 2. The number of rotatable bonds is 0. The van der Waals surface area contributed by atoms with E-state index in [1.165, 1.54) is 0 Å². The fourth-order valence-corrected chi connectivity index (χ4v) is 0.112. The van der Waals surface area contributed by atoms with Crippen molar-refractivity contribution in [2.45, 2.75) is 20.8 Å². The molecule has 7 heavy (non-hydrogen) atoms. The third-order valence-corrected chi connectivity index (χ3v) is 0.918. The SMILES string of the molecule is CC(C)=C(C)C#N. The van der Waals surface area contributed by atoms with Gasteiger partial charge in [0.2, 0.25) is 0 Å². The Morgan fingerprint density at radius 3 is 1.71 bits per heavy atom. The first-order chi connectivity index (χ1) is 3.18. The Balaban J connectivity index is 4.07. The van der Waals surface area contributed by atoms with E-state index in [1.54, 1.807) is 0 Å². The van der Waals surface area contributed by atoms with E-state index in [4.69, 9.17) is 5.26 Å². The molecule has 1 nitrogen and oxygen atoms in total. The quantitative estimate of drug-likeness (QED) is 0.421. The molecule has 0 spiro atoms. The maximum Gasteiger partial charge on any atom is 0.0943 e. The van der Waals surface area contributed by atoms with Crippen molar-refractivity contribution < 1.29 is 0 Å². The average Bonchev–Trinajstić information content (AvgIpc) is 1.65. The number of nitrogens with zero attached hydrogens (tertiary/aromatic N) is 1. The van der Waals surface area contributed by atoms with Crippen LogP contribution < -0.4 is 0 Å². The lowest BCUT2D eigenvalue weighted by atomic mass is 10.2. The molecule has 0 rings (SSSR count). The van der Waals surface area contributed by atoms with Crippen LogP contribution in [0.5, 0.6) is 0 Å². The van der Waals surface area contributed by atoms with Crippen LogP contribution in [-0.4, -0.2) is 0 Å². The Labute approximate surface area is 44.3 Å². The standard InChI is InChI=1S/C6H9N/c1-5(2)6(3)4-7/h1-3H3. The molecule has 0 amide bonds. The first kappa shape index (κ1) is 6.23. The van der Waals surface area contributed by atoms with Crippen LogP contribution in [0.4, 0.5) is 0 Å². The Bertz CT molecular complexity index is 122. The van der Waals surface area contributed by atoms with Gasteiger partial charge in [0.15, 0.2) is 0 Å². The van der Waals surface area contributed by atoms with Crippen molar-refractivity contribution in [2.24, 2.45) is 0 Å². The minimum absolute atomic E-state index is 0.819. The zero-order valence-corrected chi connectivity index (χ0v) is 4.95. The smallest absolute Gasteiger partial charge is 0.0943 e. The summed E-state index contributed by atoms with van der Waals surface area (Å²) < 4.78 is 0. The fourth-order valence-electron chi connectivity index (χ4n) is 0.112. The maximum absolute atomic E-state index is 8.20. The Kier molecular flexibility index (Phi) is 2.15. The molecule has 0 saturated carbocycles. The molecule has 0 unspecified atom stereocenters. The minimum Gasteiger partial charge on any atom is -0.193 e. The summed E-state index contributed by atoms with van der Waals surface area (Å²) >= 11 is 0. The van der Waals surface area contributed by atoms with Gasteiger partial charge in [0.05, 0.1) is 6.07 Å². The van der Waals surface area contributed by atoms with Gasteiger partial charge in [-0.05, 0) is 20.8 Å². The summed E-state index contributed by atoms with van der Waals surface area (Å²) in [7, 11) is 0. The van der Waals surface area contributed by atoms with Crippen LogP contribution in [0.1, 0.15) is 20.8 Å². The molecule has 0 atom stereocenters. The molecule has 0 bridgehead atoms. The lowest BCUT2D eigenvalue weighted by Gasteiger charge is -1.84. The van der Waals surface area contributed by atoms with Gasteiger partial charge in [0, 0.05) is 5.57 Å². The highest BCUT2D eigenvalue weighted by molar-refractivity contribution is 5.22. The molecule has 0 saturated heterocycles. The topological polar surface area (TPSA) is 23.8 Å². The first-order valence-electron chi connectivity index (χ1n) is 2.22. The van der Waals surface area contributed by atoms with Gasteiger partial charge in [-0.3, -0.25) is 0 Å². The third kappa shape index (κ3) is 1.99. The van der Waals surface area contributed by atoms with Crippen LogP contribution in [0.15, 0.2) is 11.1 Å². The molecule has 0 aromatic heterocycles. The maximum atomic E-state index is 8.20. The highest BCUT2D eigenvalue weighted by Crippen LogP contribution is 1.97. The fraction of sp³-hybridized carbons (Fsp3) is 0.500. The van der Waals surface area contributed by atoms with Gasteiger partial charge < -0.3 is 0 Å². The van der Waals surface area contributed by atoms with Crippen LogP contribution >= 0.6 is 0 Å². The Morgan fingerprint density at radius 2 is 1.71 bits per heavy atom. The number of hydrogen-bond acceptors (Lipinski definition) is 1. The zero-order chi connectivity index (χ0) is 5.86. The summed E-state index contributed by atoms with van der Waals surface area (Å²) in [6, 6.07) is 2.04. The predicted molar refractivity (Wildman–Crippen MR) is 29.7 cm³/mol. The van der Waals surface area contributed by atoms with Crippen LogP contribution in [0.3, 0.4) is 0 Å². The van der Waals surface area contributed by atoms with Gasteiger partial charge in [-0.15, -0.1) is 0 Å². The van der Waals surface area contributed by atoms with Crippen molar-refractivity contribution in [3.63, 3.8) is 0 Å². The second-order valence-electron chi connectivity index (χ2n) is 1.74. The van der Waals surface area contributed by atoms with E-state index in [0.29, 0.717) is 0 Å². The summed E-state index contributed by atoms with van der Waals surface area (Å²) in [6.07, 6.45) is 0. The molecule has 0 aromatic rings. The van der Waals surface area contributed by atoms with Crippen molar-refractivity contribution in [1.29, 1.82) is 5.26 Å². The molecule has 0 radical (unpaired) electrons. The lowest BCUT2D eigenvalue weighted by molar-refractivity contribution is 1.29. The summed E-state index contributed by atoms with van der Waals surface area (Å²) in [4.78, 5) is 0. The molecule has 0 aliphatic heterocycles. The summed E-state index contributed by atoms with van der Waals surface area (Å²) in [5.41, 5.74) is 1.92. The van der Waals surface area contributed by atoms with Gasteiger partial charge in [0.1, 0.15) is 0 Å². The van der Waals surface area contributed by atoms with Crippen LogP contribution in [0, 0.1) is 11.3 Å². The van der Waals surface area contributed by atoms with E-state index >= 15 is 0 Å². The van der Waals surface area contributed by atoms with E-state index in [1.807, 2.05) is 26.8 Å². The van der Waals surface area contributed by atoms with Crippen molar-refractivity contribution in [2.75, 3.05) is 0 Å². The van der Waals surface area contributed by atoms with Gasteiger partial charge in [0.25, 0.3) is 0 Å². The molecule has 0 aromatic carbocycles. The first-order valence-corrected chi connectivity index (χ1v) is 2.22. The summed E-state index contributed by atoms with van der Waals surface area (Å²) in [6.45, 7) is 5.67. The summed E-state index contributed by atoms with van der Waals surface area (Å²) in [5, 5.41) is 8.20. The molecule has 0 N–H and O–H groups in total. The van der Waals surface area contributed by atoms with Crippen LogP contribution in [0.2, 0.25) is 0 Å². The third-order valence-electron chi connectivity index (χ3n) is 0.918. The molecule has 0 aliphatic rings. The minimum atomic E-state index is 0.819. The molecule has 0 heterocycles. The largest absolute Gasteiger partial charge is 0.193 e. The van der Waals surface area contributed by atoms with Crippen LogP contribution in [-0.2, 0) is 0 Å². The van der Waals surface area contributed by atoms with E-state index in [0.717, 1.165) is 11.1 Å². The molecule has 1 heteroatoms. The molecule has 0 aliphatic carbocycles. The Morgan fingerprint density at radius 1 is 1.29 bits per heavy atom. The van der Waals surface area contributed by atoms with E-state index in [2.05, 4.69) is 0 Å². The molecule has 38 valence electrons. The second kappa shape index (κ2) is 2.41. The van der Waals surface area contributed by atoms with Gasteiger partial charge in [-0.25, -0.2) is 0 Å². The van der Waals surface area contributed by atoms with Crippen LogP contribution in [0.25, 0.3) is 0 Å². The lowest BCUT2D eigenvalue weighted by Crippen LogP contribution is -1.70. The number of nitriles is 1. The monoisotopic (exact) mass is 95.1 g/mol. The second-order valence-corrected chi connectivity index (χ2v) is 1.74. The van der Waals surface area contributed by atoms with E-state index < -0.39 is 0 Å². The van der Waals surface area contributed by atoms with Crippen molar-refractivity contribution in [3.05, 3.63) is 11.1 Å². The summed E-state index contributed by atoms with van der Waals surface area (Å²) in [5.74, 6) is 0. The highest BCUT2D eigenvalue weighted by Gasteiger charge is 1.82. The molecule has 0 fully saturated rings. The van der Waals surface area contributed by atoms with Crippen molar-refractivity contribution in [1.82, 2.24) is 0 Å². The van der Waals surface area contributed by atoms with E-state index in [9.17, 15) is 0 Å². The Hall–Kier alpha value is -0.770. The van der Waals surface area contributed by atoms with Gasteiger partial charge in [-0.1, -0.05) is 5.57 Å². The number of hydrogen-bond donors (Lipinski definition) is 0. The predicted octanol–water partition coefficient (Wildman–Crippen LogP) is 1.87. The van der Waals surface area contributed by atoms with Gasteiger partial charge in [-0.2, -0.15) is 5.26 Å². The van der Waals surface area contributed by atoms with Crippen molar-refractivity contribution >= 4 is 0 Å². The molecular weight excluding hydrogens is 86.1 g/mol. The average molecular weight is 95.1 g/mol. The van der Waals surface area contributed by atoms with Crippen molar-refractivity contribution in [3.8, 4) is 6.07 Å². The highest BCUT2D eigenvalue weighted by atomic mass is 14.2. The van der Waals surface area contributed by atoms with E-state index in [-0.39, 0.29) is 0 Å². The zero-order valence-electron chi connectivity index (χ0n) is 4.95. The van der Waals surface area contributed by atoms with Gasteiger partial charge >= 0.3 is 0 Å². The normalized spacial score (nSPS) is 7.14. The molecular formula is C6H9N.